The molecule has 1 heterocycles. The van der Waals surface area contributed by atoms with Gasteiger partial charge < -0.3 is 4.57 Å². The zero-order chi connectivity index (χ0) is 40.5. The van der Waals surface area contributed by atoms with Crippen molar-refractivity contribution in [2.24, 2.45) is 0 Å². The summed E-state index contributed by atoms with van der Waals surface area (Å²) in [7, 11) is 0. The minimum absolute atomic E-state index is 0.0951. The van der Waals surface area contributed by atoms with Crippen LogP contribution in [0.25, 0.3) is 60.9 Å². The molecule has 3 aliphatic carbocycles. The second kappa shape index (κ2) is 12.6. The van der Waals surface area contributed by atoms with Gasteiger partial charge in [-0.15, -0.1) is 0 Å². The number of fused-ring (bicyclic) bond motifs is 16. The highest BCUT2D eigenvalue weighted by Gasteiger charge is 2.52. The molecule has 1 spiro atoms. The van der Waals surface area contributed by atoms with Gasteiger partial charge in [-0.25, -0.2) is 0 Å². The molecule has 0 N–H and O–H groups in total. The van der Waals surface area contributed by atoms with Crippen LogP contribution in [0.3, 0.4) is 0 Å². The monoisotopic (exact) mass is 777 g/mol. The highest BCUT2D eigenvalue weighted by molar-refractivity contribution is 6.09. The van der Waals surface area contributed by atoms with Gasteiger partial charge in [0.2, 0.25) is 0 Å². The van der Waals surface area contributed by atoms with E-state index in [-0.39, 0.29) is 16.7 Å². The summed E-state index contributed by atoms with van der Waals surface area (Å²) in [6.07, 6.45) is 0.867. The maximum atomic E-state index is 2.56. The summed E-state index contributed by atoms with van der Waals surface area (Å²) in [5.41, 5.74) is 23.8. The van der Waals surface area contributed by atoms with Gasteiger partial charge in [0.25, 0.3) is 0 Å². The quantitative estimate of drug-likeness (QED) is 0.164. The Morgan fingerprint density at radius 1 is 0.393 bits per heavy atom. The van der Waals surface area contributed by atoms with E-state index in [0.29, 0.717) is 0 Å². The lowest BCUT2D eigenvalue weighted by molar-refractivity contribution is 0.657. The molecule has 13 rings (SSSR count). The standard InChI is InChI=1S/C60H43N/c1-59(2)50-25-11-6-20-42(50)45-33-31-39(37-55(45)59)48(38-32-34-57-49(35-38)46-23-10-15-30-56(46)61(57)41-18-4-3-5-19-41)36-40-17-16-29-54-58(40)47-24-9-14-28-53(47)60(54)51-26-12-7-21-43(51)44-22-8-13-27-52(44)60/h3-35,37,48H,36H2,1-2H3. The van der Waals surface area contributed by atoms with Crippen molar-refractivity contribution < 1.29 is 0 Å². The third kappa shape index (κ3) is 4.61. The molecule has 0 saturated carbocycles. The summed E-state index contributed by atoms with van der Waals surface area (Å²) < 4.78 is 2.43. The number of benzene rings is 9. The number of para-hydroxylation sites is 2. The lowest BCUT2D eigenvalue weighted by Gasteiger charge is -2.30. The first-order valence-corrected chi connectivity index (χ1v) is 21.8. The van der Waals surface area contributed by atoms with Crippen molar-refractivity contribution in [1.82, 2.24) is 4.57 Å². The summed E-state index contributed by atoms with van der Waals surface area (Å²) in [6.45, 7) is 4.80. The number of aromatic nitrogens is 1. The fourth-order valence-corrected chi connectivity index (χ4v) is 12.0. The normalized spacial score (nSPS) is 15.0. The Bertz CT molecular complexity index is 3390. The molecule has 0 saturated heterocycles. The van der Waals surface area contributed by atoms with Crippen molar-refractivity contribution in [3.05, 3.63) is 256 Å². The molecular formula is C60H43N. The number of rotatable bonds is 5. The first-order valence-electron chi connectivity index (χ1n) is 21.8. The van der Waals surface area contributed by atoms with Crippen LogP contribution in [-0.4, -0.2) is 4.57 Å². The summed E-state index contributed by atoms with van der Waals surface area (Å²) in [6, 6.07) is 78.1. The van der Waals surface area contributed by atoms with Crippen LogP contribution in [-0.2, 0) is 17.3 Å². The zero-order valence-electron chi connectivity index (χ0n) is 34.4. The molecule has 9 aromatic carbocycles. The Kier molecular flexibility index (Phi) is 7.18. The van der Waals surface area contributed by atoms with Crippen LogP contribution in [0.1, 0.15) is 69.8 Å². The summed E-state index contributed by atoms with van der Waals surface area (Å²) >= 11 is 0. The van der Waals surface area contributed by atoms with Crippen molar-refractivity contribution >= 4 is 21.8 Å². The van der Waals surface area contributed by atoms with Gasteiger partial charge in [-0.1, -0.05) is 190 Å². The largest absolute Gasteiger partial charge is 0.309 e. The average molecular weight is 778 g/mol. The van der Waals surface area contributed by atoms with Crippen LogP contribution < -0.4 is 0 Å². The van der Waals surface area contributed by atoms with E-state index in [1.54, 1.807) is 0 Å². The van der Waals surface area contributed by atoms with Gasteiger partial charge in [0, 0.05) is 27.8 Å². The van der Waals surface area contributed by atoms with E-state index in [1.165, 1.54) is 111 Å². The number of nitrogens with zero attached hydrogens (tertiary/aromatic N) is 1. The molecule has 0 fully saturated rings. The van der Waals surface area contributed by atoms with E-state index < -0.39 is 0 Å². The van der Waals surface area contributed by atoms with E-state index in [9.17, 15) is 0 Å². The molecule has 3 aliphatic rings. The highest BCUT2D eigenvalue weighted by Crippen LogP contribution is 2.63. The smallest absolute Gasteiger partial charge is 0.0725 e. The molecule has 1 nitrogen and oxygen atoms in total. The minimum Gasteiger partial charge on any atom is -0.309 e. The van der Waals surface area contributed by atoms with Gasteiger partial charge in [0.1, 0.15) is 0 Å². The Morgan fingerprint density at radius 3 is 1.66 bits per heavy atom. The molecule has 288 valence electrons. The third-order valence-electron chi connectivity index (χ3n) is 14.7. The molecule has 1 heteroatoms. The highest BCUT2D eigenvalue weighted by atomic mass is 15.0. The van der Waals surface area contributed by atoms with Crippen molar-refractivity contribution in [3.8, 4) is 39.1 Å². The Labute approximate surface area is 357 Å². The summed E-state index contributed by atoms with van der Waals surface area (Å²) in [5, 5.41) is 2.57. The fourth-order valence-electron chi connectivity index (χ4n) is 12.0. The Morgan fingerprint density at radius 2 is 0.918 bits per heavy atom. The summed E-state index contributed by atoms with van der Waals surface area (Å²) in [4.78, 5) is 0. The SMILES string of the molecule is CC1(C)c2ccccc2-c2ccc(C(Cc3cccc4c3-c3ccccc3C43c4ccccc4-c4ccccc43)c3ccc4c(c3)c3ccccc3n4-c3ccccc3)cc21. The van der Waals surface area contributed by atoms with E-state index in [4.69, 9.17) is 0 Å². The molecule has 1 unspecified atom stereocenters. The van der Waals surface area contributed by atoms with Gasteiger partial charge in [-0.3, -0.25) is 0 Å². The molecule has 10 aromatic rings. The predicted molar refractivity (Wildman–Crippen MR) is 253 cm³/mol. The molecule has 0 bridgehead atoms. The first kappa shape index (κ1) is 34.6. The van der Waals surface area contributed by atoms with Crippen molar-refractivity contribution in [2.45, 2.75) is 37.0 Å². The molecule has 1 atom stereocenters. The second-order valence-electron chi connectivity index (χ2n) is 17.9. The van der Waals surface area contributed by atoms with Crippen LogP contribution in [0.15, 0.2) is 206 Å². The molecule has 1 aromatic heterocycles. The van der Waals surface area contributed by atoms with Crippen molar-refractivity contribution in [3.63, 3.8) is 0 Å². The first-order chi connectivity index (χ1) is 30.0. The van der Waals surface area contributed by atoms with E-state index >= 15 is 0 Å². The van der Waals surface area contributed by atoms with Crippen LogP contribution in [0.2, 0.25) is 0 Å². The molecular weight excluding hydrogens is 735 g/mol. The lowest BCUT2D eigenvalue weighted by Crippen LogP contribution is -2.25. The minimum atomic E-state index is -0.369. The second-order valence-corrected chi connectivity index (χ2v) is 17.9. The van der Waals surface area contributed by atoms with Gasteiger partial charge in [-0.2, -0.15) is 0 Å². The van der Waals surface area contributed by atoms with E-state index in [2.05, 4.69) is 225 Å². The molecule has 0 aliphatic heterocycles. The zero-order valence-corrected chi connectivity index (χ0v) is 34.4. The number of hydrogen-bond donors (Lipinski definition) is 0. The average Bonchev–Trinajstić information content (AvgIpc) is 3.99. The van der Waals surface area contributed by atoms with Crippen molar-refractivity contribution in [2.75, 3.05) is 0 Å². The molecule has 0 amide bonds. The fraction of sp³-hybridized carbons (Fsp3) is 0.100. The van der Waals surface area contributed by atoms with Crippen LogP contribution in [0.4, 0.5) is 0 Å². The maximum Gasteiger partial charge on any atom is 0.0725 e. The number of hydrogen-bond acceptors (Lipinski definition) is 0. The molecule has 61 heavy (non-hydrogen) atoms. The van der Waals surface area contributed by atoms with Gasteiger partial charge in [0.15, 0.2) is 0 Å². The van der Waals surface area contributed by atoms with Crippen LogP contribution in [0, 0.1) is 0 Å². The Hall–Kier alpha value is -7.22. The van der Waals surface area contributed by atoms with Crippen LogP contribution >= 0.6 is 0 Å². The van der Waals surface area contributed by atoms with Gasteiger partial charge in [-0.05, 0) is 120 Å². The van der Waals surface area contributed by atoms with E-state index in [1.807, 2.05) is 0 Å². The third-order valence-corrected chi connectivity index (χ3v) is 14.7. The van der Waals surface area contributed by atoms with Gasteiger partial charge >= 0.3 is 0 Å². The predicted octanol–water partition coefficient (Wildman–Crippen LogP) is 14.8. The maximum absolute atomic E-state index is 2.56. The van der Waals surface area contributed by atoms with Crippen molar-refractivity contribution in [1.29, 1.82) is 0 Å². The van der Waals surface area contributed by atoms with Gasteiger partial charge in [0.05, 0.1) is 16.4 Å². The van der Waals surface area contributed by atoms with E-state index in [0.717, 1.165) is 6.42 Å². The topological polar surface area (TPSA) is 4.93 Å². The van der Waals surface area contributed by atoms with Crippen LogP contribution in [0.5, 0.6) is 0 Å². The molecule has 0 radical (unpaired) electrons. The summed E-state index contributed by atoms with van der Waals surface area (Å²) in [5.74, 6) is 0.103. The Balaban J connectivity index is 1.05. The lowest BCUT2D eigenvalue weighted by atomic mass is 9.70.